The van der Waals surface area contributed by atoms with E-state index in [4.69, 9.17) is 5.73 Å². The number of aromatic nitrogens is 4. The molecule has 2 aromatic heterocycles. The molecule has 0 bridgehead atoms. The maximum absolute atomic E-state index is 11.3. The Morgan fingerprint density at radius 2 is 2.31 bits per heavy atom. The fraction of sp³-hybridized carbons (Fsp3) is 0.111. The van der Waals surface area contributed by atoms with E-state index in [0.29, 0.717) is 11.3 Å². The van der Waals surface area contributed by atoms with Gasteiger partial charge in [0.2, 0.25) is 0 Å². The van der Waals surface area contributed by atoms with Crippen LogP contribution in [0.3, 0.4) is 0 Å². The summed E-state index contributed by atoms with van der Waals surface area (Å²) >= 11 is 0. The van der Waals surface area contributed by atoms with Gasteiger partial charge in [-0.2, -0.15) is 15.0 Å². The summed E-state index contributed by atoms with van der Waals surface area (Å²) in [5.41, 5.74) is 5.60. The summed E-state index contributed by atoms with van der Waals surface area (Å²) in [7, 11) is 1.67. The lowest BCUT2D eigenvalue weighted by molar-refractivity contribution is 0.0999. The van der Waals surface area contributed by atoms with E-state index in [1.165, 1.54) is 23.3 Å². The first-order valence-corrected chi connectivity index (χ1v) is 4.47. The molecule has 3 N–H and O–H groups in total. The van der Waals surface area contributed by atoms with Crippen LogP contribution in [0, 0.1) is 0 Å². The number of primary amides is 1. The van der Waals surface area contributed by atoms with Gasteiger partial charge in [0, 0.05) is 18.8 Å². The predicted octanol–water partition coefficient (Wildman–Crippen LogP) is -0.731. The van der Waals surface area contributed by atoms with E-state index >= 15 is 0 Å². The van der Waals surface area contributed by atoms with Gasteiger partial charge >= 0.3 is 0 Å². The lowest BCUT2D eigenvalue weighted by Crippen LogP contribution is -2.23. The number of H-pyrrole nitrogens is 1. The summed E-state index contributed by atoms with van der Waals surface area (Å²) in [6.45, 7) is 0. The molecule has 0 aliphatic rings. The Kier molecular flexibility index (Phi) is 2.28. The molecule has 2 rings (SSSR count). The Hall–Kier alpha value is -2.44. The summed E-state index contributed by atoms with van der Waals surface area (Å²) in [5.74, 6) is -0.771. The molecular formula is C9H9N5O2. The number of carbonyl (C=O) groups is 1. The first-order valence-electron chi connectivity index (χ1n) is 4.47. The molecule has 7 heteroatoms. The number of nitrogens with two attached hydrogens (primary N) is 1. The van der Waals surface area contributed by atoms with Crippen molar-refractivity contribution in [2.45, 2.75) is 0 Å². The van der Waals surface area contributed by atoms with Crippen molar-refractivity contribution in [2.24, 2.45) is 12.8 Å². The molecule has 0 atom stereocenters. The SMILES string of the molecule is Cn1ncc(-c2c[nH]c(=O)c(C(N)=O)c2)n1. The van der Waals surface area contributed by atoms with Gasteiger partial charge in [0.25, 0.3) is 11.5 Å². The van der Waals surface area contributed by atoms with Crippen molar-refractivity contribution in [2.75, 3.05) is 0 Å². The summed E-state index contributed by atoms with van der Waals surface area (Å²) in [6.07, 6.45) is 2.98. The number of nitrogens with one attached hydrogen (secondary N) is 1. The zero-order chi connectivity index (χ0) is 11.7. The molecule has 0 radical (unpaired) electrons. The third kappa shape index (κ3) is 1.70. The molecule has 0 spiro atoms. The van der Waals surface area contributed by atoms with Crippen LogP contribution in [0.1, 0.15) is 10.4 Å². The monoisotopic (exact) mass is 219 g/mol. The molecule has 82 valence electrons. The van der Waals surface area contributed by atoms with Gasteiger partial charge < -0.3 is 10.7 Å². The van der Waals surface area contributed by atoms with E-state index < -0.39 is 11.5 Å². The molecule has 2 heterocycles. The van der Waals surface area contributed by atoms with Crippen LogP contribution in [-0.4, -0.2) is 25.9 Å². The van der Waals surface area contributed by atoms with Crippen LogP contribution in [-0.2, 0) is 7.05 Å². The Bertz CT molecular complexity index is 598. The summed E-state index contributed by atoms with van der Waals surface area (Å²) < 4.78 is 0. The third-order valence-electron chi connectivity index (χ3n) is 2.06. The van der Waals surface area contributed by atoms with Crippen LogP contribution < -0.4 is 11.3 Å². The molecule has 1 amide bonds. The molecule has 0 saturated heterocycles. The standard InChI is InChI=1S/C9H9N5O2/c1-14-12-4-7(13-14)5-2-6(8(10)15)9(16)11-3-5/h2-4H,1H3,(H2,10,15)(H,11,16). The number of amides is 1. The van der Waals surface area contributed by atoms with Crippen molar-refractivity contribution in [1.82, 2.24) is 20.0 Å². The van der Waals surface area contributed by atoms with Crippen molar-refractivity contribution in [3.63, 3.8) is 0 Å². The molecule has 7 nitrogen and oxygen atoms in total. The first kappa shape index (κ1) is 10.1. The molecule has 0 aliphatic carbocycles. The molecule has 16 heavy (non-hydrogen) atoms. The first-order chi connectivity index (χ1) is 7.58. The highest BCUT2D eigenvalue weighted by atomic mass is 16.2. The Morgan fingerprint density at radius 1 is 1.56 bits per heavy atom. The van der Waals surface area contributed by atoms with Crippen molar-refractivity contribution >= 4 is 5.91 Å². The number of aryl methyl sites for hydroxylation is 1. The second-order valence-electron chi connectivity index (χ2n) is 3.21. The number of carbonyl (C=O) groups excluding carboxylic acids is 1. The molecule has 2 aromatic rings. The number of nitrogens with zero attached hydrogens (tertiary/aromatic N) is 3. The zero-order valence-corrected chi connectivity index (χ0v) is 8.47. The van der Waals surface area contributed by atoms with E-state index in [1.807, 2.05) is 0 Å². The lowest BCUT2D eigenvalue weighted by Gasteiger charge is -1.98. The van der Waals surface area contributed by atoms with E-state index in [0.717, 1.165) is 0 Å². The van der Waals surface area contributed by atoms with Gasteiger partial charge in [0.15, 0.2) is 0 Å². The Balaban J connectivity index is 2.55. The molecule has 0 fully saturated rings. The topological polar surface area (TPSA) is 107 Å². The minimum atomic E-state index is -0.771. The van der Waals surface area contributed by atoms with E-state index in [2.05, 4.69) is 15.2 Å². The number of hydrogen-bond acceptors (Lipinski definition) is 4. The second-order valence-corrected chi connectivity index (χ2v) is 3.21. The zero-order valence-electron chi connectivity index (χ0n) is 8.47. The van der Waals surface area contributed by atoms with Gasteiger partial charge in [-0.15, -0.1) is 0 Å². The number of rotatable bonds is 2. The van der Waals surface area contributed by atoms with Crippen molar-refractivity contribution in [3.8, 4) is 11.3 Å². The van der Waals surface area contributed by atoms with E-state index in [1.54, 1.807) is 7.05 Å². The van der Waals surface area contributed by atoms with Crippen LogP contribution >= 0.6 is 0 Å². The Morgan fingerprint density at radius 3 is 2.88 bits per heavy atom. The van der Waals surface area contributed by atoms with E-state index in [9.17, 15) is 9.59 Å². The fourth-order valence-corrected chi connectivity index (χ4v) is 1.29. The maximum Gasteiger partial charge on any atom is 0.260 e. The number of aromatic amines is 1. The summed E-state index contributed by atoms with van der Waals surface area (Å²) in [4.78, 5) is 26.0. The second kappa shape index (κ2) is 3.61. The van der Waals surface area contributed by atoms with E-state index in [-0.39, 0.29) is 5.56 Å². The minimum absolute atomic E-state index is 0.0943. The number of pyridine rings is 1. The smallest absolute Gasteiger partial charge is 0.260 e. The average molecular weight is 219 g/mol. The largest absolute Gasteiger partial charge is 0.365 e. The highest BCUT2D eigenvalue weighted by molar-refractivity contribution is 5.93. The van der Waals surface area contributed by atoms with Gasteiger partial charge in [0.05, 0.1) is 6.20 Å². The highest BCUT2D eigenvalue weighted by Crippen LogP contribution is 2.13. The van der Waals surface area contributed by atoms with Gasteiger partial charge in [-0.3, -0.25) is 9.59 Å². The molecule has 0 saturated carbocycles. The molecule has 0 unspecified atom stereocenters. The normalized spacial score (nSPS) is 10.3. The van der Waals surface area contributed by atoms with Crippen LogP contribution in [0.15, 0.2) is 23.3 Å². The molecule has 0 aromatic carbocycles. The fourth-order valence-electron chi connectivity index (χ4n) is 1.29. The highest BCUT2D eigenvalue weighted by Gasteiger charge is 2.10. The molecule has 0 aliphatic heterocycles. The van der Waals surface area contributed by atoms with Crippen molar-refractivity contribution < 1.29 is 4.79 Å². The maximum atomic E-state index is 11.3. The van der Waals surface area contributed by atoms with Crippen LogP contribution in [0.25, 0.3) is 11.3 Å². The van der Waals surface area contributed by atoms with Gasteiger partial charge in [-0.1, -0.05) is 0 Å². The molecular weight excluding hydrogens is 210 g/mol. The van der Waals surface area contributed by atoms with Gasteiger partial charge in [-0.25, -0.2) is 0 Å². The average Bonchev–Trinajstić information content (AvgIpc) is 2.65. The van der Waals surface area contributed by atoms with Crippen LogP contribution in [0.4, 0.5) is 0 Å². The van der Waals surface area contributed by atoms with Gasteiger partial charge in [0.1, 0.15) is 11.3 Å². The lowest BCUT2D eigenvalue weighted by atomic mass is 10.1. The quantitative estimate of drug-likeness (QED) is 0.694. The summed E-state index contributed by atoms with van der Waals surface area (Å²) in [5, 5.41) is 7.93. The van der Waals surface area contributed by atoms with Crippen molar-refractivity contribution in [1.29, 1.82) is 0 Å². The minimum Gasteiger partial charge on any atom is -0.365 e. The van der Waals surface area contributed by atoms with Crippen molar-refractivity contribution in [3.05, 3.63) is 34.4 Å². The van der Waals surface area contributed by atoms with Gasteiger partial charge in [-0.05, 0) is 6.07 Å². The van der Waals surface area contributed by atoms with Crippen LogP contribution in [0.5, 0.6) is 0 Å². The van der Waals surface area contributed by atoms with Crippen LogP contribution in [0.2, 0.25) is 0 Å². The Labute approximate surface area is 89.9 Å². The predicted molar refractivity (Wildman–Crippen MR) is 55.6 cm³/mol. The number of hydrogen-bond donors (Lipinski definition) is 2. The third-order valence-corrected chi connectivity index (χ3v) is 2.06. The summed E-state index contributed by atoms with van der Waals surface area (Å²) in [6, 6.07) is 1.39.